The van der Waals surface area contributed by atoms with Gasteiger partial charge in [0.25, 0.3) is 0 Å². The normalized spacial score (nSPS) is 18.0. The topological polar surface area (TPSA) is 134 Å². The van der Waals surface area contributed by atoms with Gasteiger partial charge in [0, 0.05) is 32.6 Å². The molecule has 49 heavy (non-hydrogen) atoms. The largest absolute Gasteiger partial charge is 0.489 e. The molecule has 1 aliphatic heterocycles. The Morgan fingerprint density at radius 3 is 2.33 bits per heavy atom. The number of alkyl halides is 2. The summed E-state index contributed by atoms with van der Waals surface area (Å²) in [7, 11) is -5.66. The quantitative estimate of drug-likeness (QED) is 0.196. The molecule has 0 unspecified atom stereocenters. The van der Waals surface area contributed by atoms with Crippen molar-refractivity contribution in [1.29, 1.82) is 0 Å². The lowest BCUT2D eigenvalue weighted by Gasteiger charge is -2.34. The monoisotopic (exact) mass is 762 g/mol. The predicted molar refractivity (Wildman–Crippen MR) is 176 cm³/mol. The molecule has 2 heterocycles. The third-order valence-electron chi connectivity index (χ3n) is 8.29. The minimum absolute atomic E-state index is 0.0115. The number of sulfonamides is 2. The van der Waals surface area contributed by atoms with E-state index >= 15 is 0 Å². The van der Waals surface area contributed by atoms with Crippen LogP contribution in [0.3, 0.4) is 0 Å². The van der Waals surface area contributed by atoms with E-state index in [1.165, 1.54) is 62.9 Å². The first-order valence-corrected chi connectivity index (χ1v) is 19.1. The van der Waals surface area contributed by atoms with E-state index in [9.17, 15) is 30.4 Å². The zero-order chi connectivity index (χ0) is 35.5. The molecule has 1 saturated carbocycles. The number of nitrogens with one attached hydrogen (secondary N) is 1. The average Bonchev–Trinajstić information content (AvgIpc) is 3.90. The fourth-order valence-electron chi connectivity index (χ4n) is 5.40. The lowest BCUT2D eigenvalue weighted by atomic mass is 10.0. The number of hydrogen-bond donors (Lipinski definition) is 0. The maximum absolute atomic E-state index is 14.0. The standard InChI is InChI=1S/C32H35Cl2F2N3O8S2/c1-38(2)48(41,42)22-6-5-7-23(15-22)49(43,44)39-13-4-3-8-27(39)31(40)46-29(16-24-25(33)17-37-18-26(24)34)21-11-12-28(47-32(35)36)30(14-21)45-19-20-9-10-20/h5-7,11-12,14-15,17-18,20,27,29,32H,3-4,8-10,13,16,19H2,1-2H3/p+1/t27-,29-/m0/s1. The molecule has 0 amide bonds. The van der Waals surface area contributed by atoms with Crippen LogP contribution >= 0.6 is 23.2 Å². The van der Waals surface area contributed by atoms with Gasteiger partial charge in [-0.25, -0.2) is 26.1 Å². The second-order valence-electron chi connectivity index (χ2n) is 12.0. The number of H-pyrrole nitrogens is 1. The zero-order valence-corrected chi connectivity index (χ0v) is 29.8. The lowest BCUT2D eigenvalue weighted by Crippen LogP contribution is -2.48. The smallest absolute Gasteiger partial charge is 0.387 e. The number of aromatic nitrogens is 1. The Hall–Kier alpha value is -3.08. The number of carbonyl (C=O) groups is 1. The van der Waals surface area contributed by atoms with Crippen LogP contribution in [0.2, 0.25) is 10.0 Å². The van der Waals surface area contributed by atoms with Gasteiger partial charge in [0.2, 0.25) is 20.0 Å². The van der Waals surface area contributed by atoms with Crippen LogP contribution in [0.5, 0.6) is 11.5 Å². The van der Waals surface area contributed by atoms with Crippen LogP contribution in [0.1, 0.15) is 49.3 Å². The molecule has 1 saturated heterocycles. The number of halogens is 4. The number of rotatable bonds is 14. The van der Waals surface area contributed by atoms with E-state index < -0.39 is 44.8 Å². The molecule has 2 aromatic carbocycles. The maximum atomic E-state index is 14.0. The molecule has 2 aliphatic rings. The third kappa shape index (κ3) is 8.81. The molecule has 5 rings (SSSR count). The first kappa shape index (κ1) is 37.2. The van der Waals surface area contributed by atoms with Gasteiger partial charge in [-0.2, -0.15) is 13.1 Å². The van der Waals surface area contributed by atoms with Gasteiger partial charge in [0.05, 0.1) is 16.4 Å². The molecule has 2 atom stereocenters. The minimum atomic E-state index is -4.38. The Morgan fingerprint density at radius 2 is 1.67 bits per heavy atom. The number of nitrogens with zero attached hydrogens (tertiary/aromatic N) is 2. The second kappa shape index (κ2) is 15.4. The summed E-state index contributed by atoms with van der Waals surface area (Å²) in [6.07, 6.45) is 4.83. The van der Waals surface area contributed by atoms with Gasteiger partial charge in [-0.1, -0.05) is 35.3 Å². The second-order valence-corrected chi connectivity index (χ2v) is 16.8. The highest BCUT2D eigenvalue weighted by molar-refractivity contribution is 7.90. The highest BCUT2D eigenvalue weighted by atomic mass is 35.5. The third-order valence-corrected chi connectivity index (χ3v) is 12.7. The SMILES string of the molecule is CN(C)S(=O)(=O)c1cccc(S(=O)(=O)N2CCCC[C@H]2C(=O)O[C@@H](Cc2c(Cl)c[nH+]cc2Cl)c2ccc(OC(F)F)c(OCC3CC3)c2)c1. The van der Waals surface area contributed by atoms with Crippen molar-refractivity contribution in [2.75, 3.05) is 27.2 Å². The molecule has 17 heteroatoms. The molecule has 11 nitrogen and oxygen atoms in total. The summed E-state index contributed by atoms with van der Waals surface area (Å²) >= 11 is 12.9. The minimum Gasteiger partial charge on any atom is -0.489 e. The molecule has 0 bridgehead atoms. The lowest BCUT2D eigenvalue weighted by molar-refractivity contribution is -0.377. The van der Waals surface area contributed by atoms with Crippen LogP contribution in [0.4, 0.5) is 8.78 Å². The van der Waals surface area contributed by atoms with Gasteiger partial charge in [-0.15, -0.1) is 0 Å². The van der Waals surface area contributed by atoms with E-state index in [2.05, 4.69) is 9.72 Å². The van der Waals surface area contributed by atoms with Gasteiger partial charge in [0.1, 0.15) is 22.2 Å². The molecule has 2 fully saturated rings. The number of esters is 1. The highest BCUT2D eigenvalue weighted by Crippen LogP contribution is 2.38. The Labute approximate surface area is 294 Å². The van der Waals surface area contributed by atoms with E-state index in [0.29, 0.717) is 24.0 Å². The van der Waals surface area contributed by atoms with Crippen LogP contribution in [0.15, 0.2) is 64.6 Å². The van der Waals surface area contributed by atoms with Crippen molar-refractivity contribution in [3.63, 3.8) is 0 Å². The van der Waals surface area contributed by atoms with Crippen LogP contribution in [-0.2, 0) is 36.0 Å². The van der Waals surface area contributed by atoms with E-state index in [1.807, 2.05) is 0 Å². The van der Waals surface area contributed by atoms with Crippen molar-refractivity contribution < 1.29 is 49.6 Å². The number of piperidine rings is 1. The first-order chi connectivity index (χ1) is 23.2. The summed E-state index contributed by atoms with van der Waals surface area (Å²) in [6.45, 7) is -2.84. The fraction of sp³-hybridized carbons (Fsp3) is 0.438. The molecule has 1 aliphatic carbocycles. The van der Waals surface area contributed by atoms with Crippen molar-refractivity contribution in [1.82, 2.24) is 8.61 Å². The highest BCUT2D eigenvalue weighted by Gasteiger charge is 2.40. The number of ether oxygens (including phenoxy) is 3. The molecule has 0 spiro atoms. The maximum Gasteiger partial charge on any atom is 0.387 e. The predicted octanol–water partition coefficient (Wildman–Crippen LogP) is 5.52. The van der Waals surface area contributed by atoms with Gasteiger partial charge >= 0.3 is 12.6 Å². The number of carbonyl (C=O) groups excluding carboxylic acids is 1. The van der Waals surface area contributed by atoms with Crippen LogP contribution < -0.4 is 14.5 Å². The van der Waals surface area contributed by atoms with E-state index in [-0.39, 0.29) is 63.2 Å². The summed E-state index contributed by atoms with van der Waals surface area (Å²) in [5.41, 5.74) is 0.757. The molecule has 1 aromatic heterocycles. The summed E-state index contributed by atoms with van der Waals surface area (Å²) in [5.74, 6) is -0.747. The molecule has 0 radical (unpaired) electrons. The number of aromatic amines is 1. The Balaban J connectivity index is 1.49. The molecular weight excluding hydrogens is 727 g/mol. The fourth-order valence-corrected chi connectivity index (χ4v) is 8.64. The number of hydrogen-bond acceptors (Lipinski definition) is 8. The van der Waals surface area contributed by atoms with Crippen LogP contribution in [0.25, 0.3) is 0 Å². The average molecular weight is 764 g/mol. The van der Waals surface area contributed by atoms with Crippen molar-refractivity contribution in [2.45, 2.75) is 67.1 Å². The van der Waals surface area contributed by atoms with E-state index in [4.69, 9.17) is 32.7 Å². The first-order valence-electron chi connectivity index (χ1n) is 15.5. The van der Waals surface area contributed by atoms with Crippen molar-refractivity contribution >= 4 is 49.2 Å². The Bertz CT molecular complexity index is 1880. The van der Waals surface area contributed by atoms with E-state index in [1.54, 1.807) is 0 Å². The molecular formula is C32H36Cl2F2N3O8S2+. The molecule has 266 valence electrons. The summed E-state index contributed by atoms with van der Waals surface area (Å²) in [5, 5.41) is 0.483. The molecule has 3 aromatic rings. The number of pyridine rings is 1. The van der Waals surface area contributed by atoms with E-state index in [0.717, 1.165) is 27.5 Å². The van der Waals surface area contributed by atoms with Gasteiger partial charge in [-0.05, 0) is 73.9 Å². The van der Waals surface area contributed by atoms with Crippen molar-refractivity contribution in [3.8, 4) is 11.5 Å². The van der Waals surface area contributed by atoms with Crippen LogP contribution in [0, 0.1) is 5.92 Å². The van der Waals surface area contributed by atoms with Gasteiger partial charge < -0.3 is 14.2 Å². The van der Waals surface area contributed by atoms with Gasteiger partial charge in [0.15, 0.2) is 23.9 Å². The Morgan fingerprint density at radius 1 is 0.980 bits per heavy atom. The van der Waals surface area contributed by atoms with Gasteiger partial charge in [-0.3, -0.25) is 4.79 Å². The van der Waals surface area contributed by atoms with Crippen molar-refractivity contribution in [2.24, 2.45) is 5.92 Å². The number of benzene rings is 2. The van der Waals surface area contributed by atoms with Crippen molar-refractivity contribution in [3.05, 3.63) is 76.0 Å². The molecule has 1 N–H and O–H groups in total. The summed E-state index contributed by atoms with van der Waals surface area (Å²) in [4.78, 5) is 16.3. The Kier molecular flexibility index (Phi) is 11.7. The summed E-state index contributed by atoms with van der Waals surface area (Å²) < 4.78 is 98.5. The zero-order valence-electron chi connectivity index (χ0n) is 26.7. The van der Waals surface area contributed by atoms with Crippen LogP contribution in [-0.4, -0.2) is 71.3 Å². The summed E-state index contributed by atoms with van der Waals surface area (Å²) in [6, 6.07) is 7.88.